The molecule has 0 atom stereocenters. The van der Waals surface area contributed by atoms with E-state index in [2.05, 4.69) is 34.6 Å². The number of nitrogens with one attached hydrogen (secondary N) is 1. The van der Waals surface area contributed by atoms with E-state index in [0.717, 1.165) is 37.9 Å². The summed E-state index contributed by atoms with van der Waals surface area (Å²) in [5.74, 6) is 0.662. The first-order chi connectivity index (χ1) is 16.2. The summed E-state index contributed by atoms with van der Waals surface area (Å²) in [6.07, 6.45) is 0. The zero-order chi connectivity index (χ0) is 22.6. The van der Waals surface area contributed by atoms with Crippen LogP contribution in [-0.4, -0.2) is 10.9 Å². The summed E-state index contributed by atoms with van der Waals surface area (Å²) in [7, 11) is 0. The Bertz CT molecular complexity index is 1410. The predicted molar refractivity (Wildman–Crippen MR) is 140 cm³/mol. The molecule has 0 bridgehead atoms. The van der Waals surface area contributed by atoms with Gasteiger partial charge in [-0.25, -0.2) is 4.98 Å². The minimum atomic E-state index is -0.161. The van der Waals surface area contributed by atoms with Crippen molar-refractivity contribution in [3.8, 4) is 11.3 Å². The quantitative estimate of drug-likeness (QED) is 0.246. The maximum atomic E-state index is 12.7. The number of carbonyl (C=O) groups is 1. The van der Waals surface area contributed by atoms with Crippen LogP contribution in [0.15, 0.2) is 101 Å². The van der Waals surface area contributed by atoms with Gasteiger partial charge in [-0.1, -0.05) is 66.2 Å². The average molecular weight is 487 g/mol. The highest BCUT2D eigenvalue weighted by Gasteiger charge is 2.12. The Labute approximate surface area is 205 Å². The number of nitrogens with zero attached hydrogens (tertiary/aromatic N) is 1. The largest absolute Gasteiger partial charge is 0.298 e. The lowest BCUT2D eigenvalue weighted by atomic mass is 10.0. The van der Waals surface area contributed by atoms with E-state index in [1.165, 1.54) is 16.7 Å². The smallest absolute Gasteiger partial charge is 0.257 e. The molecule has 0 aliphatic carbocycles. The number of aromatic nitrogens is 1. The molecule has 6 heteroatoms. The molecule has 0 aliphatic heterocycles. The van der Waals surface area contributed by atoms with E-state index in [0.29, 0.717) is 10.7 Å². The molecule has 1 amide bonds. The molecular formula is C27H19ClN2OS2. The molecule has 1 N–H and O–H groups in total. The number of rotatable bonds is 6. The lowest BCUT2D eigenvalue weighted by Gasteiger charge is -2.05. The van der Waals surface area contributed by atoms with E-state index in [-0.39, 0.29) is 5.91 Å². The zero-order valence-corrected chi connectivity index (χ0v) is 19.9. The highest BCUT2D eigenvalue weighted by atomic mass is 35.5. The number of thioether (sulfide) groups is 1. The molecule has 0 saturated heterocycles. The Morgan fingerprint density at radius 1 is 0.909 bits per heavy atom. The fraction of sp³-hybridized carbons (Fsp3) is 0.0370. The van der Waals surface area contributed by atoms with Crippen LogP contribution in [0.25, 0.3) is 22.0 Å². The highest BCUT2D eigenvalue weighted by Crippen LogP contribution is 2.31. The van der Waals surface area contributed by atoms with Gasteiger partial charge in [0.1, 0.15) is 0 Å². The maximum absolute atomic E-state index is 12.7. The third kappa shape index (κ3) is 5.11. The molecule has 0 aliphatic rings. The Balaban J connectivity index is 1.24. The second-order valence-electron chi connectivity index (χ2n) is 7.46. The van der Waals surface area contributed by atoms with Crippen LogP contribution in [0.3, 0.4) is 0 Å². The number of anilines is 1. The second kappa shape index (κ2) is 9.79. The summed E-state index contributed by atoms with van der Waals surface area (Å²) >= 11 is 9.10. The van der Waals surface area contributed by atoms with Gasteiger partial charge in [0.25, 0.3) is 5.91 Å². The number of thiazole rings is 1. The normalized spacial score (nSPS) is 10.9. The summed E-state index contributed by atoms with van der Waals surface area (Å²) in [6, 6.07) is 29.9. The van der Waals surface area contributed by atoms with Crippen LogP contribution in [0.5, 0.6) is 0 Å². The van der Waals surface area contributed by atoms with Gasteiger partial charge in [0.15, 0.2) is 5.13 Å². The third-order valence-corrected chi connectivity index (χ3v) is 7.32. The van der Waals surface area contributed by atoms with Crippen molar-refractivity contribution in [1.82, 2.24) is 4.98 Å². The van der Waals surface area contributed by atoms with Crippen molar-refractivity contribution in [3.05, 3.63) is 113 Å². The maximum Gasteiger partial charge on any atom is 0.257 e. The Hall–Kier alpha value is -3.12. The number of benzene rings is 4. The molecule has 5 aromatic rings. The lowest BCUT2D eigenvalue weighted by molar-refractivity contribution is 0.102. The van der Waals surface area contributed by atoms with Gasteiger partial charge in [0, 0.05) is 32.2 Å². The van der Waals surface area contributed by atoms with Gasteiger partial charge in [0.05, 0.1) is 5.69 Å². The fourth-order valence-corrected chi connectivity index (χ4v) is 5.21. The summed E-state index contributed by atoms with van der Waals surface area (Å²) in [5.41, 5.74) is 3.69. The predicted octanol–water partition coefficient (Wildman–Crippen LogP) is 8.16. The van der Waals surface area contributed by atoms with E-state index < -0.39 is 0 Å². The molecule has 0 spiro atoms. The van der Waals surface area contributed by atoms with Crippen molar-refractivity contribution in [2.75, 3.05) is 5.32 Å². The Morgan fingerprint density at radius 3 is 2.48 bits per heavy atom. The second-order valence-corrected chi connectivity index (χ2v) is 9.80. The van der Waals surface area contributed by atoms with Crippen LogP contribution >= 0.6 is 34.7 Å². The van der Waals surface area contributed by atoms with Crippen LogP contribution in [-0.2, 0) is 5.75 Å². The molecule has 0 unspecified atom stereocenters. The van der Waals surface area contributed by atoms with E-state index in [1.807, 2.05) is 72.1 Å². The van der Waals surface area contributed by atoms with Crippen LogP contribution in [0.1, 0.15) is 15.9 Å². The minimum absolute atomic E-state index is 0.161. The molecule has 1 heterocycles. The molecule has 1 aromatic heterocycles. The number of fused-ring (bicyclic) bond motifs is 1. The zero-order valence-electron chi connectivity index (χ0n) is 17.5. The number of carbonyl (C=O) groups excluding carboxylic acids is 1. The van der Waals surface area contributed by atoms with Gasteiger partial charge in [-0.3, -0.25) is 10.1 Å². The van der Waals surface area contributed by atoms with Crippen molar-refractivity contribution in [3.63, 3.8) is 0 Å². The fourth-order valence-electron chi connectivity index (χ4n) is 3.52. The highest BCUT2D eigenvalue weighted by molar-refractivity contribution is 7.98. The van der Waals surface area contributed by atoms with Gasteiger partial charge in [-0.2, -0.15) is 0 Å². The van der Waals surface area contributed by atoms with Crippen LogP contribution in [0.2, 0.25) is 5.02 Å². The summed E-state index contributed by atoms with van der Waals surface area (Å²) in [6.45, 7) is 0. The topological polar surface area (TPSA) is 42.0 Å². The Morgan fingerprint density at radius 2 is 1.67 bits per heavy atom. The van der Waals surface area contributed by atoms with E-state index in [4.69, 9.17) is 11.6 Å². The van der Waals surface area contributed by atoms with Crippen molar-refractivity contribution < 1.29 is 4.79 Å². The molecule has 0 fully saturated rings. The molecule has 0 saturated carbocycles. The van der Waals surface area contributed by atoms with Gasteiger partial charge < -0.3 is 0 Å². The molecule has 162 valence electrons. The van der Waals surface area contributed by atoms with Crippen molar-refractivity contribution in [2.24, 2.45) is 0 Å². The number of hydrogen-bond donors (Lipinski definition) is 1. The van der Waals surface area contributed by atoms with E-state index >= 15 is 0 Å². The first-order valence-electron chi connectivity index (χ1n) is 10.4. The van der Waals surface area contributed by atoms with E-state index in [9.17, 15) is 4.79 Å². The molecular weight excluding hydrogens is 468 g/mol. The summed E-state index contributed by atoms with van der Waals surface area (Å²) in [5, 5.41) is 8.55. The first-order valence-corrected chi connectivity index (χ1v) is 12.6. The third-order valence-electron chi connectivity index (χ3n) is 5.23. The standard InChI is InChI=1S/C27H19ClN2OS2/c28-21-12-14-22(15-13-21)32-16-18-8-10-20(11-9-18)26(31)30-27-29-25(17-33-27)24-7-3-5-19-4-1-2-6-23(19)24/h1-15,17H,16H2,(H,29,30,31). The van der Waals surface area contributed by atoms with Crippen LogP contribution < -0.4 is 5.32 Å². The summed E-state index contributed by atoms with van der Waals surface area (Å²) < 4.78 is 0. The minimum Gasteiger partial charge on any atom is -0.298 e. The molecule has 4 aromatic carbocycles. The van der Waals surface area contributed by atoms with Gasteiger partial charge in [-0.05, 0) is 52.7 Å². The lowest BCUT2D eigenvalue weighted by Crippen LogP contribution is -2.11. The SMILES string of the molecule is O=C(Nc1nc(-c2cccc3ccccc23)cs1)c1ccc(CSc2ccc(Cl)cc2)cc1. The number of amides is 1. The van der Waals surface area contributed by atoms with Crippen molar-refractivity contribution in [1.29, 1.82) is 0 Å². The number of hydrogen-bond acceptors (Lipinski definition) is 4. The Kier molecular flexibility index (Phi) is 6.44. The molecule has 5 rings (SSSR count). The van der Waals surface area contributed by atoms with Gasteiger partial charge in [0.2, 0.25) is 0 Å². The van der Waals surface area contributed by atoms with Crippen LogP contribution in [0, 0.1) is 0 Å². The number of halogens is 1. The van der Waals surface area contributed by atoms with E-state index in [1.54, 1.807) is 11.8 Å². The van der Waals surface area contributed by atoms with Crippen LogP contribution in [0.4, 0.5) is 5.13 Å². The molecule has 33 heavy (non-hydrogen) atoms. The monoisotopic (exact) mass is 486 g/mol. The average Bonchev–Trinajstić information content (AvgIpc) is 3.32. The van der Waals surface area contributed by atoms with Gasteiger partial charge in [-0.15, -0.1) is 23.1 Å². The molecule has 0 radical (unpaired) electrons. The summed E-state index contributed by atoms with van der Waals surface area (Å²) in [4.78, 5) is 18.5. The van der Waals surface area contributed by atoms with Crippen molar-refractivity contribution >= 4 is 56.5 Å². The first kappa shape index (κ1) is 21.7. The van der Waals surface area contributed by atoms with Gasteiger partial charge >= 0.3 is 0 Å². The van der Waals surface area contributed by atoms with Crippen molar-refractivity contribution in [2.45, 2.75) is 10.6 Å². The molecule has 3 nitrogen and oxygen atoms in total.